The molecular weight excluding hydrogens is 266 g/mol. The van der Waals surface area contributed by atoms with Gasteiger partial charge in [-0.1, -0.05) is 42.5 Å². The van der Waals surface area contributed by atoms with Gasteiger partial charge in [0.25, 0.3) is 0 Å². The average Bonchev–Trinajstić information content (AvgIpc) is 2.45. The van der Waals surface area contributed by atoms with Crippen molar-refractivity contribution in [3.63, 3.8) is 0 Å². The van der Waals surface area contributed by atoms with E-state index in [0.717, 1.165) is 6.42 Å². The van der Waals surface area contributed by atoms with Crippen molar-refractivity contribution in [3.8, 4) is 0 Å². The Morgan fingerprint density at radius 3 is 2.50 bits per heavy atom. The molecule has 1 fully saturated rings. The molecule has 0 amide bonds. The van der Waals surface area contributed by atoms with Gasteiger partial charge in [0.05, 0.1) is 4.99 Å². The molecule has 0 spiro atoms. The monoisotopic (exact) mass is 291 g/mol. The van der Waals surface area contributed by atoms with Crippen molar-refractivity contribution >= 4 is 17.2 Å². The highest BCUT2D eigenvalue weighted by atomic mass is 32.1. The summed E-state index contributed by atoms with van der Waals surface area (Å²) >= 11 is 5.15. The van der Waals surface area contributed by atoms with Crippen LogP contribution in [-0.4, -0.2) is 48.0 Å². The van der Waals surface area contributed by atoms with Crippen molar-refractivity contribution < 1.29 is 0 Å². The van der Waals surface area contributed by atoms with E-state index in [0.29, 0.717) is 17.1 Å². The molecule has 1 unspecified atom stereocenters. The molecule has 1 aromatic carbocycles. The van der Waals surface area contributed by atoms with Crippen molar-refractivity contribution in [2.24, 2.45) is 5.73 Å². The maximum Gasteiger partial charge on any atom is 0.0746 e. The SMILES string of the molecule is CN1CCC(N(C)C(CC(N)=S)c2ccccc2)CC1. The van der Waals surface area contributed by atoms with E-state index >= 15 is 0 Å². The number of benzene rings is 1. The molecule has 4 heteroatoms. The van der Waals surface area contributed by atoms with E-state index in [2.05, 4.69) is 54.2 Å². The first-order valence-corrected chi connectivity index (χ1v) is 7.72. The lowest BCUT2D eigenvalue weighted by molar-refractivity contribution is 0.109. The van der Waals surface area contributed by atoms with Gasteiger partial charge in [-0.2, -0.15) is 0 Å². The van der Waals surface area contributed by atoms with Gasteiger partial charge in [-0.05, 0) is 45.6 Å². The molecule has 0 aromatic heterocycles. The van der Waals surface area contributed by atoms with Crippen LogP contribution in [0.3, 0.4) is 0 Å². The molecule has 0 bridgehead atoms. The van der Waals surface area contributed by atoms with Gasteiger partial charge < -0.3 is 10.6 Å². The van der Waals surface area contributed by atoms with E-state index in [-0.39, 0.29) is 0 Å². The second kappa shape index (κ2) is 7.16. The van der Waals surface area contributed by atoms with Crippen LogP contribution in [0.4, 0.5) is 0 Å². The highest BCUT2D eigenvalue weighted by Gasteiger charge is 2.27. The summed E-state index contributed by atoms with van der Waals surface area (Å²) < 4.78 is 0. The van der Waals surface area contributed by atoms with Crippen LogP contribution in [0.2, 0.25) is 0 Å². The molecule has 3 nitrogen and oxygen atoms in total. The normalized spacial score (nSPS) is 19.1. The Morgan fingerprint density at radius 2 is 1.95 bits per heavy atom. The van der Waals surface area contributed by atoms with Crippen molar-refractivity contribution in [3.05, 3.63) is 35.9 Å². The third kappa shape index (κ3) is 4.01. The van der Waals surface area contributed by atoms with Gasteiger partial charge in [-0.25, -0.2) is 0 Å². The quantitative estimate of drug-likeness (QED) is 0.845. The minimum Gasteiger partial charge on any atom is -0.393 e. The first-order valence-electron chi connectivity index (χ1n) is 7.31. The summed E-state index contributed by atoms with van der Waals surface area (Å²) in [7, 11) is 4.41. The van der Waals surface area contributed by atoms with Crippen LogP contribution in [0, 0.1) is 0 Å². The summed E-state index contributed by atoms with van der Waals surface area (Å²) in [6.45, 7) is 2.34. The lowest BCUT2D eigenvalue weighted by Gasteiger charge is -2.39. The Labute approximate surface area is 127 Å². The lowest BCUT2D eigenvalue weighted by Crippen LogP contribution is -2.44. The number of nitrogens with two attached hydrogens (primary N) is 1. The zero-order valence-electron chi connectivity index (χ0n) is 12.5. The predicted octanol–water partition coefficient (Wildman–Crippen LogP) is 2.43. The minimum absolute atomic E-state index is 0.294. The summed E-state index contributed by atoms with van der Waals surface area (Å²) in [4.78, 5) is 5.47. The summed E-state index contributed by atoms with van der Waals surface area (Å²) in [5, 5.41) is 0. The predicted molar refractivity (Wildman–Crippen MR) is 88.9 cm³/mol. The number of hydrogen-bond donors (Lipinski definition) is 1. The smallest absolute Gasteiger partial charge is 0.0746 e. The molecule has 1 heterocycles. The van der Waals surface area contributed by atoms with Crippen LogP contribution in [-0.2, 0) is 0 Å². The van der Waals surface area contributed by atoms with Crippen LogP contribution >= 0.6 is 12.2 Å². The third-order valence-corrected chi connectivity index (χ3v) is 4.50. The number of likely N-dealkylation sites (tertiary alicyclic amines) is 1. The maximum absolute atomic E-state index is 5.82. The molecule has 2 rings (SSSR count). The van der Waals surface area contributed by atoms with Crippen LogP contribution in [0.1, 0.15) is 30.9 Å². The average molecular weight is 291 g/mol. The Balaban J connectivity index is 2.12. The van der Waals surface area contributed by atoms with Crippen molar-refractivity contribution in [2.75, 3.05) is 27.2 Å². The van der Waals surface area contributed by atoms with Crippen molar-refractivity contribution in [1.29, 1.82) is 0 Å². The maximum atomic E-state index is 5.82. The lowest BCUT2D eigenvalue weighted by atomic mass is 9.97. The fourth-order valence-corrected chi connectivity index (χ4v) is 3.18. The number of nitrogens with zero attached hydrogens (tertiary/aromatic N) is 2. The van der Waals surface area contributed by atoms with Gasteiger partial charge in [-0.3, -0.25) is 4.90 Å². The fraction of sp³-hybridized carbons (Fsp3) is 0.562. The molecule has 2 N–H and O–H groups in total. The van der Waals surface area contributed by atoms with E-state index in [1.165, 1.54) is 31.5 Å². The molecule has 0 saturated carbocycles. The van der Waals surface area contributed by atoms with Gasteiger partial charge in [0.15, 0.2) is 0 Å². The standard InChI is InChI=1S/C16H25N3S/c1-18-10-8-14(9-11-18)19(2)15(12-16(17)20)13-6-4-3-5-7-13/h3-7,14-15H,8-12H2,1-2H3,(H2,17,20). The first-order chi connectivity index (χ1) is 9.58. The molecule has 1 saturated heterocycles. The molecule has 110 valence electrons. The van der Waals surface area contributed by atoms with Crippen LogP contribution in [0.25, 0.3) is 0 Å². The second-order valence-electron chi connectivity index (χ2n) is 5.80. The molecule has 20 heavy (non-hydrogen) atoms. The van der Waals surface area contributed by atoms with Crippen LogP contribution in [0.5, 0.6) is 0 Å². The molecule has 1 aliphatic heterocycles. The molecule has 1 atom stereocenters. The Morgan fingerprint density at radius 1 is 1.35 bits per heavy atom. The zero-order chi connectivity index (χ0) is 14.5. The highest BCUT2D eigenvalue weighted by molar-refractivity contribution is 7.80. The molecule has 0 radical (unpaired) electrons. The first kappa shape index (κ1) is 15.4. The largest absolute Gasteiger partial charge is 0.393 e. The Hall–Kier alpha value is -0.970. The van der Waals surface area contributed by atoms with Gasteiger partial charge >= 0.3 is 0 Å². The van der Waals surface area contributed by atoms with E-state index in [1.807, 2.05) is 0 Å². The third-order valence-electron chi connectivity index (χ3n) is 4.33. The fourth-order valence-electron chi connectivity index (χ4n) is 3.02. The zero-order valence-corrected chi connectivity index (χ0v) is 13.3. The van der Waals surface area contributed by atoms with Crippen molar-refractivity contribution in [2.45, 2.75) is 31.3 Å². The van der Waals surface area contributed by atoms with E-state index in [9.17, 15) is 0 Å². The summed E-state index contributed by atoms with van der Waals surface area (Å²) in [6, 6.07) is 11.5. The van der Waals surface area contributed by atoms with Gasteiger partial charge in [0, 0.05) is 18.5 Å². The number of hydrogen-bond acceptors (Lipinski definition) is 3. The topological polar surface area (TPSA) is 32.5 Å². The van der Waals surface area contributed by atoms with Gasteiger partial charge in [0.1, 0.15) is 0 Å². The summed E-state index contributed by atoms with van der Waals surface area (Å²) in [5.41, 5.74) is 7.12. The number of thiocarbonyl (C=S) groups is 1. The van der Waals surface area contributed by atoms with E-state index < -0.39 is 0 Å². The minimum atomic E-state index is 0.294. The number of piperidine rings is 1. The van der Waals surface area contributed by atoms with Crippen molar-refractivity contribution in [1.82, 2.24) is 9.80 Å². The summed E-state index contributed by atoms with van der Waals surface area (Å²) in [6.07, 6.45) is 3.18. The highest BCUT2D eigenvalue weighted by Crippen LogP contribution is 2.28. The van der Waals surface area contributed by atoms with E-state index in [1.54, 1.807) is 0 Å². The Kier molecular flexibility index (Phi) is 5.52. The number of rotatable bonds is 5. The molecule has 0 aliphatic carbocycles. The molecular formula is C16H25N3S. The van der Waals surface area contributed by atoms with Gasteiger partial charge in [0.2, 0.25) is 0 Å². The van der Waals surface area contributed by atoms with Crippen LogP contribution < -0.4 is 5.73 Å². The summed E-state index contributed by atoms with van der Waals surface area (Å²) in [5.74, 6) is 0. The molecule has 1 aromatic rings. The van der Waals surface area contributed by atoms with Gasteiger partial charge in [-0.15, -0.1) is 0 Å². The second-order valence-corrected chi connectivity index (χ2v) is 6.32. The molecule has 1 aliphatic rings. The Bertz CT molecular complexity index is 427. The van der Waals surface area contributed by atoms with Crippen LogP contribution in [0.15, 0.2) is 30.3 Å². The van der Waals surface area contributed by atoms with E-state index in [4.69, 9.17) is 18.0 Å².